The number of pyridine rings is 1. The lowest BCUT2D eigenvalue weighted by atomic mass is 10.0. The molecule has 1 atom stereocenters. The van der Waals surface area contributed by atoms with E-state index in [-0.39, 0.29) is 11.0 Å². The van der Waals surface area contributed by atoms with Crippen LogP contribution < -0.4 is 0 Å². The van der Waals surface area contributed by atoms with Gasteiger partial charge >= 0.3 is 0 Å². The Morgan fingerprint density at radius 3 is 2.95 bits per heavy atom. The summed E-state index contributed by atoms with van der Waals surface area (Å²) >= 11 is 0. The van der Waals surface area contributed by atoms with Crippen LogP contribution in [0.2, 0.25) is 0 Å². The Bertz CT molecular complexity index is 531. The van der Waals surface area contributed by atoms with E-state index in [0.29, 0.717) is 25.6 Å². The SMILES string of the molecule is CC(C)CCC[C@@H]1CN(S(=O)(=O)c2cccnc2)CCO1. The lowest BCUT2D eigenvalue weighted by Crippen LogP contribution is -2.45. The van der Waals surface area contributed by atoms with Gasteiger partial charge in [-0.3, -0.25) is 4.98 Å². The summed E-state index contributed by atoms with van der Waals surface area (Å²) in [6.45, 7) is 5.71. The van der Waals surface area contributed by atoms with E-state index in [9.17, 15) is 8.42 Å². The van der Waals surface area contributed by atoms with Crippen molar-refractivity contribution in [3.05, 3.63) is 24.5 Å². The highest BCUT2D eigenvalue weighted by molar-refractivity contribution is 7.89. The number of aromatic nitrogens is 1. The van der Waals surface area contributed by atoms with E-state index in [1.807, 2.05) is 0 Å². The summed E-state index contributed by atoms with van der Waals surface area (Å²) in [6, 6.07) is 3.24. The molecule has 0 spiro atoms. The van der Waals surface area contributed by atoms with Gasteiger partial charge in [0.05, 0.1) is 12.7 Å². The van der Waals surface area contributed by atoms with E-state index in [4.69, 9.17) is 4.74 Å². The summed E-state index contributed by atoms with van der Waals surface area (Å²) in [5.74, 6) is 0.670. The van der Waals surface area contributed by atoms with Gasteiger partial charge < -0.3 is 4.74 Å². The van der Waals surface area contributed by atoms with E-state index in [0.717, 1.165) is 19.3 Å². The number of rotatable bonds is 6. The molecule has 2 heterocycles. The zero-order chi connectivity index (χ0) is 15.3. The molecule has 0 radical (unpaired) electrons. The molecule has 1 aromatic heterocycles. The third kappa shape index (κ3) is 4.49. The van der Waals surface area contributed by atoms with Gasteiger partial charge in [-0.1, -0.05) is 26.7 Å². The largest absolute Gasteiger partial charge is 0.375 e. The van der Waals surface area contributed by atoms with Crippen LogP contribution in [0.5, 0.6) is 0 Å². The van der Waals surface area contributed by atoms with Crippen molar-refractivity contribution in [3.8, 4) is 0 Å². The molecule has 1 fully saturated rings. The maximum atomic E-state index is 12.5. The van der Waals surface area contributed by atoms with Crippen molar-refractivity contribution < 1.29 is 13.2 Å². The monoisotopic (exact) mass is 312 g/mol. The van der Waals surface area contributed by atoms with Gasteiger partial charge in [-0.15, -0.1) is 0 Å². The molecule has 0 amide bonds. The fourth-order valence-electron chi connectivity index (χ4n) is 2.49. The van der Waals surface area contributed by atoms with Crippen molar-refractivity contribution >= 4 is 10.0 Å². The van der Waals surface area contributed by atoms with Gasteiger partial charge in [0.2, 0.25) is 10.0 Å². The molecule has 0 N–H and O–H groups in total. The number of sulfonamides is 1. The van der Waals surface area contributed by atoms with Crippen LogP contribution in [0.25, 0.3) is 0 Å². The van der Waals surface area contributed by atoms with E-state index in [2.05, 4.69) is 18.8 Å². The fraction of sp³-hybridized carbons (Fsp3) is 0.667. The topological polar surface area (TPSA) is 59.5 Å². The summed E-state index contributed by atoms with van der Waals surface area (Å²) in [4.78, 5) is 4.15. The molecule has 1 saturated heterocycles. The Balaban J connectivity index is 1.97. The zero-order valence-electron chi connectivity index (χ0n) is 12.7. The van der Waals surface area contributed by atoms with E-state index < -0.39 is 10.0 Å². The maximum absolute atomic E-state index is 12.5. The van der Waals surface area contributed by atoms with Gasteiger partial charge in [0.1, 0.15) is 4.90 Å². The number of morpholine rings is 1. The van der Waals surface area contributed by atoms with Crippen molar-refractivity contribution in [1.29, 1.82) is 0 Å². The molecule has 0 saturated carbocycles. The first-order chi connectivity index (χ1) is 10.00. The number of hydrogen-bond acceptors (Lipinski definition) is 4. The van der Waals surface area contributed by atoms with Gasteiger partial charge in [-0.25, -0.2) is 8.42 Å². The second-order valence-electron chi connectivity index (χ2n) is 5.87. The number of nitrogens with zero attached hydrogens (tertiary/aromatic N) is 2. The van der Waals surface area contributed by atoms with Crippen LogP contribution in [0.3, 0.4) is 0 Å². The smallest absolute Gasteiger partial charge is 0.244 e. The van der Waals surface area contributed by atoms with Crippen LogP contribution >= 0.6 is 0 Å². The Morgan fingerprint density at radius 2 is 2.29 bits per heavy atom. The summed E-state index contributed by atoms with van der Waals surface area (Å²) in [5.41, 5.74) is 0. The van der Waals surface area contributed by atoms with Crippen LogP contribution in [0.4, 0.5) is 0 Å². The van der Waals surface area contributed by atoms with Gasteiger partial charge in [-0.2, -0.15) is 4.31 Å². The summed E-state index contributed by atoms with van der Waals surface area (Å²) in [6.07, 6.45) is 6.12. The van der Waals surface area contributed by atoms with Gasteiger partial charge in [-0.05, 0) is 24.5 Å². The number of hydrogen-bond donors (Lipinski definition) is 0. The molecule has 0 aromatic carbocycles. The molecule has 0 unspecified atom stereocenters. The molecule has 21 heavy (non-hydrogen) atoms. The maximum Gasteiger partial charge on any atom is 0.244 e. The fourth-order valence-corrected chi connectivity index (χ4v) is 3.91. The molecular formula is C15H24N2O3S. The first-order valence-electron chi connectivity index (χ1n) is 7.52. The third-order valence-electron chi connectivity index (χ3n) is 3.68. The van der Waals surface area contributed by atoms with Crippen molar-refractivity contribution in [2.24, 2.45) is 5.92 Å². The highest BCUT2D eigenvalue weighted by Crippen LogP contribution is 2.20. The highest BCUT2D eigenvalue weighted by atomic mass is 32.2. The predicted molar refractivity (Wildman–Crippen MR) is 81.4 cm³/mol. The molecule has 1 aliphatic rings. The summed E-state index contributed by atoms with van der Waals surface area (Å²) < 4.78 is 32.3. The quantitative estimate of drug-likeness (QED) is 0.808. The van der Waals surface area contributed by atoms with Crippen LogP contribution in [0, 0.1) is 5.92 Å². The van der Waals surface area contributed by atoms with E-state index in [1.54, 1.807) is 18.3 Å². The van der Waals surface area contributed by atoms with Gasteiger partial charge in [0.15, 0.2) is 0 Å². The second kappa shape index (κ2) is 7.33. The predicted octanol–water partition coefficient (Wildman–Crippen LogP) is 2.30. The zero-order valence-corrected chi connectivity index (χ0v) is 13.6. The van der Waals surface area contributed by atoms with Crippen LogP contribution in [0.15, 0.2) is 29.4 Å². The van der Waals surface area contributed by atoms with Crippen LogP contribution in [0.1, 0.15) is 33.1 Å². The minimum atomic E-state index is -3.45. The Kier molecular flexibility index (Phi) is 5.72. The van der Waals surface area contributed by atoms with E-state index >= 15 is 0 Å². The lowest BCUT2D eigenvalue weighted by Gasteiger charge is -2.32. The van der Waals surface area contributed by atoms with Crippen LogP contribution in [-0.4, -0.2) is 43.5 Å². The molecule has 1 aliphatic heterocycles. The molecule has 118 valence electrons. The third-order valence-corrected chi connectivity index (χ3v) is 5.53. The van der Waals surface area contributed by atoms with Crippen molar-refractivity contribution in [1.82, 2.24) is 9.29 Å². The minimum Gasteiger partial charge on any atom is -0.375 e. The van der Waals surface area contributed by atoms with Gasteiger partial charge in [0, 0.05) is 25.5 Å². The Labute approximate surface area is 127 Å². The summed E-state index contributed by atoms with van der Waals surface area (Å²) in [5, 5.41) is 0. The molecule has 6 heteroatoms. The Hall–Kier alpha value is -0.980. The average molecular weight is 312 g/mol. The highest BCUT2D eigenvalue weighted by Gasteiger charge is 2.30. The number of ether oxygens (including phenoxy) is 1. The standard InChI is InChI=1S/C15H24N2O3S/c1-13(2)5-3-6-14-12-17(9-10-20-14)21(18,19)15-7-4-8-16-11-15/h4,7-8,11,13-14H,3,5-6,9-10,12H2,1-2H3/t14-/m1/s1. The average Bonchev–Trinajstić information content (AvgIpc) is 2.48. The van der Waals surface area contributed by atoms with Crippen molar-refractivity contribution in [2.75, 3.05) is 19.7 Å². The second-order valence-corrected chi connectivity index (χ2v) is 7.81. The Morgan fingerprint density at radius 1 is 1.48 bits per heavy atom. The van der Waals surface area contributed by atoms with Crippen molar-refractivity contribution in [3.63, 3.8) is 0 Å². The van der Waals surface area contributed by atoms with Gasteiger partial charge in [0.25, 0.3) is 0 Å². The van der Waals surface area contributed by atoms with Crippen molar-refractivity contribution in [2.45, 2.75) is 44.1 Å². The first kappa shape index (κ1) is 16.4. The van der Waals surface area contributed by atoms with E-state index in [1.165, 1.54) is 10.5 Å². The molecule has 1 aromatic rings. The molecule has 0 aliphatic carbocycles. The normalized spacial score (nSPS) is 20.8. The lowest BCUT2D eigenvalue weighted by molar-refractivity contribution is -0.00708. The molecule has 0 bridgehead atoms. The molecule has 5 nitrogen and oxygen atoms in total. The minimum absolute atomic E-state index is 0.00365. The first-order valence-corrected chi connectivity index (χ1v) is 8.96. The van der Waals surface area contributed by atoms with Crippen LogP contribution in [-0.2, 0) is 14.8 Å². The summed E-state index contributed by atoms with van der Waals surface area (Å²) in [7, 11) is -3.45. The molecule has 2 rings (SSSR count). The molecular weight excluding hydrogens is 288 g/mol.